The van der Waals surface area contributed by atoms with Crippen molar-refractivity contribution >= 4 is 34.8 Å². The molecule has 1 aromatic rings. The average molecular weight is 587 g/mol. The summed E-state index contributed by atoms with van der Waals surface area (Å²) in [6.07, 6.45) is 8.45. The highest BCUT2D eigenvalue weighted by atomic mass is 32.2. The zero-order valence-corrected chi connectivity index (χ0v) is 25.2. The maximum Gasteiger partial charge on any atom is 0.408 e. The first-order valence-electron chi connectivity index (χ1n) is 14.5. The lowest BCUT2D eigenvalue weighted by molar-refractivity contribution is -0.141. The van der Waals surface area contributed by atoms with Gasteiger partial charge in [0.2, 0.25) is 11.8 Å². The van der Waals surface area contributed by atoms with E-state index in [1.165, 1.54) is 4.90 Å². The molecule has 2 aliphatic heterocycles. The summed E-state index contributed by atoms with van der Waals surface area (Å²) in [7, 11) is -1.79. The van der Waals surface area contributed by atoms with Gasteiger partial charge in [0.15, 0.2) is 11.0 Å². The molecule has 3 N–H and O–H groups in total. The Morgan fingerprint density at radius 2 is 1.80 bits per heavy atom. The minimum atomic E-state index is -1.79. The van der Waals surface area contributed by atoms with Gasteiger partial charge in [-0.2, -0.15) is 0 Å². The Morgan fingerprint density at radius 3 is 2.51 bits per heavy atom. The molecule has 1 aromatic carbocycles. The first kappa shape index (κ1) is 30.7. The van der Waals surface area contributed by atoms with Crippen molar-refractivity contribution < 1.29 is 28.1 Å². The van der Waals surface area contributed by atoms with Gasteiger partial charge in [0.25, 0.3) is 5.91 Å². The summed E-state index contributed by atoms with van der Waals surface area (Å²) in [5, 5.41) is 5.67. The Morgan fingerprint density at radius 1 is 1.07 bits per heavy atom. The van der Waals surface area contributed by atoms with Gasteiger partial charge in [0, 0.05) is 12.5 Å². The summed E-state index contributed by atoms with van der Waals surface area (Å²) >= 11 is 0. The highest BCUT2D eigenvalue weighted by Crippen LogP contribution is 2.45. The van der Waals surface area contributed by atoms with E-state index in [0.29, 0.717) is 37.1 Å². The summed E-state index contributed by atoms with van der Waals surface area (Å²) in [6.45, 7) is 7.57. The third-order valence-electron chi connectivity index (χ3n) is 7.75. The number of ether oxygens (including phenoxy) is 1. The van der Waals surface area contributed by atoms with Gasteiger partial charge < -0.3 is 20.3 Å². The van der Waals surface area contributed by atoms with Crippen LogP contribution in [0.1, 0.15) is 77.7 Å². The third-order valence-corrected chi connectivity index (χ3v) is 8.82. The molecule has 0 spiro atoms. The number of nitrogens with zero attached hydrogens (tertiary/aromatic N) is 1. The summed E-state index contributed by atoms with van der Waals surface area (Å²) in [6, 6.07) is 5.46. The summed E-state index contributed by atoms with van der Waals surface area (Å²) in [5.74, 6) is -1.50. The molecular formula is C30H42N4O6S. The second-order valence-electron chi connectivity index (χ2n) is 12.2. The molecule has 2 fully saturated rings. The Balaban J connectivity index is 1.53. The van der Waals surface area contributed by atoms with Gasteiger partial charge in [-0.15, -0.1) is 0 Å². The SMILES string of the molecule is Cc1ccc([S@@](=O)NC(=O)[C@@]23C[C@H]2C=CCCCCC[C@H](NC(=O)OC(C)(C)C)C(=O)N2CCC[C@H]2C(=O)N3)cc1. The van der Waals surface area contributed by atoms with E-state index in [-0.39, 0.29) is 11.8 Å². The molecular weight excluding hydrogens is 544 g/mol. The Bertz CT molecular complexity index is 1210. The van der Waals surface area contributed by atoms with Crippen LogP contribution < -0.4 is 15.4 Å². The van der Waals surface area contributed by atoms with Gasteiger partial charge in [-0.1, -0.05) is 42.7 Å². The van der Waals surface area contributed by atoms with Crippen molar-refractivity contribution in [3.8, 4) is 0 Å². The Labute approximate surface area is 244 Å². The number of hydrogen-bond donors (Lipinski definition) is 3. The Hall–Kier alpha value is -3.21. The van der Waals surface area contributed by atoms with Crippen LogP contribution in [0, 0.1) is 12.8 Å². The number of carbonyl (C=O) groups is 4. The molecule has 3 aliphatic rings. The normalized spacial score (nSPS) is 27.8. The van der Waals surface area contributed by atoms with Gasteiger partial charge in [0.05, 0.1) is 4.90 Å². The number of amides is 4. The van der Waals surface area contributed by atoms with Crippen molar-refractivity contribution in [2.24, 2.45) is 5.92 Å². The van der Waals surface area contributed by atoms with Crippen LogP contribution in [0.3, 0.4) is 0 Å². The van der Waals surface area contributed by atoms with Crippen LogP contribution in [0.25, 0.3) is 0 Å². The number of fused-ring (bicyclic) bond motifs is 2. The second-order valence-corrected chi connectivity index (χ2v) is 13.5. The number of benzene rings is 1. The molecule has 2 heterocycles. The number of allylic oxidation sites excluding steroid dienone is 1. The first-order chi connectivity index (χ1) is 19.4. The molecule has 0 aromatic heterocycles. The molecule has 224 valence electrons. The maximum absolute atomic E-state index is 13.7. The monoisotopic (exact) mass is 586 g/mol. The number of carbonyl (C=O) groups excluding carboxylic acids is 4. The van der Waals surface area contributed by atoms with E-state index in [2.05, 4.69) is 15.4 Å². The highest BCUT2D eigenvalue weighted by molar-refractivity contribution is 7.83. The molecule has 4 rings (SSSR count). The van der Waals surface area contributed by atoms with E-state index in [1.807, 2.05) is 31.2 Å². The number of alkyl carbamates (subject to hydrolysis) is 1. The topological polar surface area (TPSA) is 134 Å². The van der Waals surface area contributed by atoms with E-state index < -0.39 is 52.1 Å². The van der Waals surface area contributed by atoms with Crippen LogP contribution in [0.5, 0.6) is 0 Å². The van der Waals surface area contributed by atoms with E-state index >= 15 is 0 Å². The summed E-state index contributed by atoms with van der Waals surface area (Å²) in [4.78, 5) is 55.4. The van der Waals surface area contributed by atoms with Crippen LogP contribution in [0.2, 0.25) is 0 Å². The van der Waals surface area contributed by atoms with Crippen molar-refractivity contribution in [1.29, 1.82) is 0 Å². The number of rotatable bonds is 4. The predicted molar refractivity (Wildman–Crippen MR) is 155 cm³/mol. The molecule has 0 radical (unpaired) electrons. The van der Waals surface area contributed by atoms with Crippen LogP contribution in [0.4, 0.5) is 4.79 Å². The molecule has 11 heteroatoms. The fourth-order valence-corrected chi connectivity index (χ4v) is 6.29. The van der Waals surface area contributed by atoms with Crippen LogP contribution >= 0.6 is 0 Å². The zero-order valence-electron chi connectivity index (χ0n) is 24.4. The zero-order chi connectivity index (χ0) is 29.8. The second kappa shape index (κ2) is 12.8. The third kappa shape index (κ3) is 7.75. The fourth-order valence-electron chi connectivity index (χ4n) is 5.44. The van der Waals surface area contributed by atoms with Crippen LogP contribution in [-0.4, -0.2) is 62.7 Å². The smallest absolute Gasteiger partial charge is 0.408 e. The molecule has 1 aliphatic carbocycles. The number of hydrogen-bond acceptors (Lipinski definition) is 6. The van der Waals surface area contributed by atoms with E-state index in [9.17, 15) is 23.4 Å². The van der Waals surface area contributed by atoms with Gasteiger partial charge in [-0.25, -0.2) is 9.00 Å². The maximum atomic E-state index is 13.7. The van der Waals surface area contributed by atoms with E-state index in [0.717, 1.165) is 31.2 Å². The van der Waals surface area contributed by atoms with Crippen LogP contribution in [0.15, 0.2) is 41.3 Å². The molecule has 10 nitrogen and oxygen atoms in total. The lowest BCUT2D eigenvalue weighted by atomic mass is 10.0. The van der Waals surface area contributed by atoms with E-state index in [4.69, 9.17) is 4.74 Å². The predicted octanol–water partition coefficient (Wildman–Crippen LogP) is 3.41. The molecule has 4 amide bonds. The number of nitrogens with one attached hydrogen (secondary N) is 3. The lowest BCUT2D eigenvalue weighted by Crippen LogP contribution is -2.58. The van der Waals surface area contributed by atoms with E-state index in [1.54, 1.807) is 32.9 Å². The highest BCUT2D eigenvalue weighted by Gasteiger charge is 2.61. The first-order valence-corrected chi connectivity index (χ1v) is 15.6. The molecule has 0 unspecified atom stereocenters. The van der Waals surface area contributed by atoms with Crippen molar-refractivity contribution in [2.75, 3.05) is 6.54 Å². The number of aryl methyl sites for hydroxylation is 1. The summed E-state index contributed by atoms with van der Waals surface area (Å²) < 4.78 is 20.9. The van der Waals surface area contributed by atoms with Crippen molar-refractivity contribution in [1.82, 2.24) is 20.3 Å². The average Bonchev–Trinajstić information content (AvgIpc) is 3.35. The molecule has 0 bridgehead atoms. The van der Waals surface area contributed by atoms with Crippen molar-refractivity contribution in [3.63, 3.8) is 0 Å². The van der Waals surface area contributed by atoms with Gasteiger partial charge in [-0.3, -0.25) is 19.1 Å². The molecule has 41 heavy (non-hydrogen) atoms. The van der Waals surface area contributed by atoms with Crippen molar-refractivity contribution in [2.45, 2.75) is 107 Å². The molecule has 1 saturated carbocycles. The largest absolute Gasteiger partial charge is 0.444 e. The molecule has 1 saturated heterocycles. The van der Waals surface area contributed by atoms with Gasteiger partial charge in [0.1, 0.15) is 23.2 Å². The fraction of sp³-hybridized carbons (Fsp3) is 0.600. The van der Waals surface area contributed by atoms with Gasteiger partial charge >= 0.3 is 6.09 Å². The quantitative estimate of drug-likeness (QED) is 0.463. The Kier molecular flexibility index (Phi) is 9.56. The minimum absolute atomic E-state index is 0.237. The van der Waals surface area contributed by atoms with Crippen LogP contribution in [-0.2, 0) is 30.1 Å². The van der Waals surface area contributed by atoms with Gasteiger partial charge in [-0.05, 0) is 78.4 Å². The minimum Gasteiger partial charge on any atom is -0.444 e. The summed E-state index contributed by atoms with van der Waals surface area (Å²) in [5.41, 5.74) is -0.940. The lowest BCUT2D eigenvalue weighted by Gasteiger charge is -2.30. The van der Waals surface area contributed by atoms with Crippen molar-refractivity contribution in [3.05, 3.63) is 42.0 Å². The molecule has 5 atom stereocenters. The standard InChI is InChI=1S/C30H42N4O6S/c1-20-14-16-22(17-15-20)41(39)33-27(37)30-19-21(30)11-8-6-5-7-9-12-23(31-28(38)40-29(2,3)4)26(36)34-18-10-13-24(34)25(35)32-30/h8,11,14-17,21,23-24H,5-7,9-10,12-13,18-19H2,1-4H3,(H,31,38)(H,32,35)(H,33,37)/t21-,23+,24+,30-,41-/m1/s1.